The van der Waals surface area contributed by atoms with Crippen molar-refractivity contribution in [2.75, 3.05) is 19.6 Å². The summed E-state index contributed by atoms with van der Waals surface area (Å²) in [6.45, 7) is 16.9. The fraction of sp³-hybridized carbons (Fsp3) is 0.800. The van der Waals surface area contributed by atoms with Crippen molar-refractivity contribution in [3.05, 3.63) is 17.0 Å². The maximum atomic E-state index is 13.4. The zero-order valence-electron chi connectivity index (χ0n) is 21.0. The SMILES string of the molecule is CCCCN1C(=O)[C@H](CC(C)C)NC(=O)C12CCN(Cc1c(C)nn(CCC)c1C)CC2. The quantitative estimate of drug-likeness (QED) is 0.632. The Bertz CT molecular complexity index is 807. The first kappa shape index (κ1) is 24.7. The molecule has 2 amide bonds. The molecule has 1 spiro atoms. The molecule has 0 aliphatic carbocycles. The summed E-state index contributed by atoms with van der Waals surface area (Å²) in [4.78, 5) is 31.2. The van der Waals surface area contributed by atoms with Gasteiger partial charge in [-0.15, -0.1) is 0 Å². The Morgan fingerprint density at radius 3 is 2.38 bits per heavy atom. The molecule has 2 saturated heterocycles. The van der Waals surface area contributed by atoms with Crippen LogP contribution in [0.2, 0.25) is 0 Å². The van der Waals surface area contributed by atoms with Gasteiger partial charge in [-0.3, -0.25) is 19.2 Å². The monoisotopic (exact) mass is 445 g/mol. The summed E-state index contributed by atoms with van der Waals surface area (Å²) in [6.07, 6.45) is 5.13. The molecular weight excluding hydrogens is 402 g/mol. The Hall–Kier alpha value is -1.89. The molecule has 3 heterocycles. The fourth-order valence-corrected chi connectivity index (χ4v) is 5.34. The number of rotatable bonds is 9. The summed E-state index contributed by atoms with van der Waals surface area (Å²) < 4.78 is 2.12. The molecule has 0 bridgehead atoms. The summed E-state index contributed by atoms with van der Waals surface area (Å²) in [5, 5.41) is 7.82. The van der Waals surface area contributed by atoms with Crippen molar-refractivity contribution >= 4 is 11.8 Å². The van der Waals surface area contributed by atoms with Crippen molar-refractivity contribution in [3.63, 3.8) is 0 Å². The number of carbonyl (C=O) groups is 2. The van der Waals surface area contributed by atoms with E-state index in [0.29, 0.717) is 31.7 Å². The van der Waals surface area contributed by atoms with E-state index in [1.807, 2.05) is 4.90 Å². The van der Waals surface area contributed by atoms with Gasteiger partial charge >= 0.3 is 0 Å². The van der Waals surface area contributed by atoms with E-state index in [2.05, 4.69) is 56.4 Å². The third-order valence-corrected chi connectivity index (χ3v) is 7.28. The van der Waals surface area contributed by atoms with E-state index in [-0.39, 0.29) is 17.9 Å². The lowest BCUT2D eigenvalue weighted by molar-refractivity contribution is -0.161. The molecule has 2 aliphatic rings. The van der Waals surface area contributed by atoms with Crippen LogP contribution < -0.4 is 5.32 Å². The zero-order valence-corrected chi connectivity index (χ0v) is 21.0. The van der Waals surface area contributed by atoms with Gasteiger partial charge < -0.3 is 10.2 Å². The maximum Gasteiger partial charge on any atom is 0.246 e. The first-order valence-corrected chi connectivity index (χ1v) is 12.6. The molecule has 1 aromatic heterocycles. The van der Waals surface area contributed by atoms with E-state index in [0.717, 1.165) is 51.1 Å². The van der Waals surface area contributed by atoms with Crippen molar-refractivity contribution in [1.82, 2.24) is 24.9 Å². The van der Waals surface area contributed by atoms with Gasteiger partial charge in [-0.05, 0) is 51.9 Å². The molecule has 2 aliphatic heterocycles. The molecule has 2 fully saturated rings. The van der Waals surface area contributed by atoms with E-state index in [1.165, 1.54) is 11.3 Å². The maximum absolute atomic E-state index is 13.4. The first-order chi connectivity index (χ1) is 15.2. The Balaban J connectivity index is 1.74. The number of likely N-dealkylation sites (tertiary alicyclic amines) is 1. The molecule has 1 N–H and O–H groups in total. The van der Waals surface area contributed by atoms with Crippen LogP contribution in [0.1, 0.15) is 83.2 Å². The average molecular weight is 446 g/mol. The van der Waals surface area contributed by atoms with Crippen LogP contribution in [0.25, 0.3) is 0 Å². The molecule has 180 valence electrons. The van der Waals surface area contributed by atoms with Crippen LogP contribution in [0.3, 0.4) is 0 Å². The van der Waals surface area contributed by atoms with Crippen molar-refractivity contribution in [2.45, 2.75) is 105 Å². The highest BCUT2D eigenvalue weighted by Crippen LogP contribution is 2.35. The number of piperidine rings is 1. The van der Waals surface area contributed by atoms with E-state index in [9.17, 15) is 9.59 Å². The van der Waals surface area contributed by atoms with Crippen LogP contribution in [0.5, 0.6) is 0 Å². The van der Waals surface area contributed by atoms with Gasteiger partial charge in [0.15, 0.2) is 0 Å². The standard InChI is InChI=1S/C25H43N5O2/c1-7-9-13-29-23(31)22(16-18(3)4)26-24(32)25(29)10-14-28(15-11-25)17-21-19(5)27-30(12-8-2)20(21)6/h18,22H,7-17H2,1-6H3,(H,26,32)/t22-/m0/s1. The number of aromatic nitrogens is 2. The second-order valence-corrected chi connectivity index (χ2v) is 10.2. The zero-order chi connectivity index (χ0) is 23.5. The molecule has 1 aromatic rings. The lowest BCUT2D eigenvalue weighted by Gasteiger charge is -2.52. The van der Waals surface area contributed by atoms with Crippen LogP contribution in [-0.4, -0.2) is 62.6 Å². The number of piperazine rings is 1. The van der Waals surface area contributed by atoms with E-state index in [4.69, 9.17) is 5.10 Å². The minimum absolute atomic E-state index is 0.0571. The van der Waals surface area contributed by atoms with Gasteiger partial charge in [0, 0.05) is 44.0 Å². The third kappa shape index (κ3) is 4.87. The highest BCUT2D eigenvalue weighted by atomic mass is 16.2. The number of amides is 2. The lowest BCUT2D eigenvalue weighted by Crippen LogP contribution is -2.73. The predicted octanol–water partition coefficient (Wildman–Crippen LogP) is 3.42. The minimum Gasteiger partial charge on any atom is -0.342 e. The minimum atomic E-state index is -0.688. The predicted molar refractivity (Wildman–Crippen MR) is 127 cm³/mol. The highest BCUT2D eigenvalue weighted by molar-refractivity contribution is 6.00. The van der Waals surface area contributed by atoms with Crippen LogP contribution in [0, 0.1) is 19.8 Å². The van der Waals surface area contributed by atoms with E-state index >= 15 is 0 Å². The van der Waals surface area contributed by atoms with Crippen molar-refractivity contribution in [1.29, 1.82) is 0 Å². The molecule has 32 heavy (non-hydrogen) atoms. The van der Waals surface area contributed by atoms with E-state index < -0.39 is 5.54 Å². The Morgan fingerprint density at radius 2 is 1.78 bits per heavy atom. The lowest BCUT2D eigenvalue weighted by atomic mass is 9.80. The van der Waals surface area contributed by atoms with Crippen molar-refractivity contribution < 1.29 is 9.59 Å². The number of hydrogen-bond acceptors (Lipinski definition) is 4. The smallest absolute Gasteiger partial charge is 0.246 e. The Morgan fingerprint density at radius 1 is 1.09 bits per heavy atom. The normalized spacial score (nSPS) is 21.6. The van der Waals surface area contributed by atoms with Gasteiger partial charge in [-0.2, -0.15) is 5.10 Å². The number of nitrogens with one attached hydrogen (secondary N) is 1. The fourth-order valence-electron chi connectivity index (χ4n) is 5.34. The molecule has 1 atom stereocenters. The topological polar surface area (TPSA) is 70.5 Å². The molecule has 0 aromatic carbocycles. The summed E-state index contributed by atoms with van der Waals surface area (Å²) >= 11 is 0. The molecule has 0 unspecified atom stereocenters. The number of unbranched alkanes of at least 4 members (excludes halogenated alkanes) is 1. The van der Waals surface area contributed by atoms with Crippen LogP contribution in [-0.2, 0) is 22.7 Å². The number of aryl methyl sites for hydroxylation is 2. The summed E-state index contributed by atoms with van der Waals surface area (Å²) in [7, 11) is 0. The molecule has 7 nitrogen and oxygen atoms in total. The third-order valence-electron chi connectivity index (χ3n) is 7.28. The Kier molecular flexibility index (Phi) is 8.01. The van der Waals surface area contributed by atoms with Gasteiger partial charge in [0.1, 0.15) is 11.6 Å². The van der Waals surface area contributed by atoms with Gasteiger partial charge in [-0.25, -0.2) is 0 Å². The van der Waals surface area contributed by atoms with E-state index in [1.54, 1.807) is 0 Å². The van der Waals surface area contributed by atoms with Gasteiger partial charge in [-0.1, -0.05) is 34.1 Å². The second kappa shape index (κ2) is 10.4. The first-order valence-electron chi connectivity index (χ1n) is 12.6. The Labute approximate surface area is 193 Å². The second-order valence-electron chi connectivity index (χ2n) is 10.2. The van der Waals surface area contributed by atoms with Gasteiger partial charge in [0.25, 0.3) is 0 Å². The number of hydrogen-bond donors (Lipinski definition) is 1. The highest BCUT2D eigenvalue weighted by Gasteiger charge is 2.53. The molecule has 3 rings (SSSR count). The molecule has 0 radical (unpaired) electrons. The number of carbonyl (C=O) groups excluding carboxylic acids is 2. The van der Waals surface area contributed by atoms with Crippen LogP contribution >= 0.6 is 0 Å². The molecular formula is C25H43N5O2. The van der Waals surface area contributed by atoms with Gasteiger partial charge in [0.2, 0.25) is 11.8 Å². The summed E-state index contributed by atoms with van der Waals surface area (Å²) in [6, 6.07) is -0.377. The van der Waals surface area contributed by atoms with Crippen molar-refractivity contribution in [2.24, 2.45) is 5.92 Å². The largest absolute Gasteiger partial charge is 0.342 e. The number of nitrogens with zero attached hydrogens (tertiary/aromatic N) is 4. The summed E-state index contributed by atoms with van der Waals surface area (Å²) in [5.74, 6) is 0.544. The summed E-state index contributed by atoms with van der Waals surface area (Å²) in [5.41, 5.74) is 2.96. The van der Waals surface area contributed by atoms with Crippen molar-refractivity contribution in [3.8, 4) is 0 Å². The average Bonchev–Trinajstić information content (AvgIpc) is 3.01. The van der Waals surface area contributed by atoms with Crippen LogP contribution in [0.4, 0.5) is 0 Å². The molecule has 7 heteroatoms. The van der Waals surface area contributed by atoms with Gasteiger partial charge in [0.05, 0.1) is 5.69 Å². The van der Waals surface area contributed by atoms with Crippen LogP contribution in [0.15, 0.2) is 0 Å². The molecule has 0 saturated carbocycles.